The molecule has 5 heteroatoms. The Kier molecular flexibility index (Phi) is 4.63. The summed E-state index contributed by atoms with van der Waals surface area (Å²) >= 11 is 0. The van der Waals surface area contributed by atoms with Crippen molar-refractivity contribution in [2.45, 2.75) is 19.4 Å². The summed E-state index contributed by atoms with van der Waals surface area (Å²) in [6.45, 7) is 2.24. The van der Waals surface area contributed by atoms with Crippen LogP contribution in [0.4, 0.5) is 0 Å². The molecule has 0 aliphatic heterocycles. The highest BCUT2D eigenvalue weighted by molar-refractivity contribution is 5.41. The smallest absolute Gasteiger partial charge is 0.128 e. The minimum Gasteiger partial charge on any atom is -0.497 e. The van der Waals surface area contributed by atoms with Crippen LogP contribution in [0.3, 0.4) is 0 Å². The molecule has 0 spiro atoms. The van der Waals surface area contributed by atoms with E-state index in [0.29, 0.717) is 18.1 Å². The maximum absolute atomic E-state index is 9.75. The number of aromatic nitrogens is 2. The van der Waals surface area contributed by atoms with Crippen molar-refractivity contribution in [3.8, 4) is 11.5 Å². The molecule has 0 aliphatic carbocycles. The van der Waals surface area contributed by atoms with Gasteiger partial charge in [0.25, 0.3) is 0 Å². The van der Waals surface area contributed by atoms with Crippen molar-refractivity contribution >= 4 is 0 Å². The molecule has 0 fully saturated rings. The van der Waals surface area contributed by atoms with Crippen molar-refractivity contribution in [1.82, 2.24) is 9.78 Å². The molecule has 0 amide bonds. The van der Waals surface area contributed by atoms with Crippen molar-refractivity contribution in [2.24, 2.45) is 7.05 Å². The van der Waals surface area contributed by atoms with Crippen LogP contribution in [-0.4, -0.2) is 28.6 Å². The Morgan fingerprint density at radius 1 is 1.40 bits per heavy atom. The molecule has 1 aromatic heterocycles. The van der Waals surface area contributed by atoms with Gasteiger partial charge < -0.3 is 14.6 Å². The fourth-order valence-electron chi connectivity index (χ4n) is 1.99. The van der Waals surface area contributed by atoms with Gasteiger partial charge in [-0.05, 0) is 24.6 Å². The number of aliphatic hydroxyl groups is 1. The highest BCUT2D eigenvalue weighted by Crippen LogP contribution is 2.29. The van der Waals surface area contributed by atoms with Gasteiger partial charge in [-0.25, -0.2) is 0 Å². The van der Waals surface area contributed by atoms with Crippen LogP contribution < -0.4 is 9.47 Å². The summed E-state index contributed by atoms with van der Waals surface area (Å²) < 4.78 is 12.7. The van der Waals surface area contributed by atoms with E-state index in [4.69, 9.17) is 9.47 Å². The Balaban J connectivity index is 2.03. The molecule has 0 aliphatic rings. The summed E-state index contributed by atoms with van der Waals surface area (Å²) in [5.74, 6) is 1.37. The van der Waals surface area contributed by atoms with Crippen LogP contribution in [0.5, 0.6) is 11.5 Å². The summed E-state index contributed by atoms with van der Waals surface area (Å²) in [4.78, 5) is 0. The van der Waals surface area contributed by atoms with Crippen LogP contribution in [0.15, 0.2) is 30.6 Å². The zero-order valence-electron chi connectivity index (χ0n) is 12.0. The third-order valence-corrected chi connectivity index (χ3v) is 3.08. The van der Waals surface area contributed by atoms with Gasteiger partial charge in [0, 0.05) is 31.3 Å². The van der Waals surface area contributed by atoms with Crippen LogP contribution in [0, 0.1) is 0 Å². The Hall–Kier alpha value is -2.01. The summed E-state index contributed by atoms with van der Waals surface area (Å²) in [5.41, 5.74) is 1.88. The summed E-state index contributed by atoms with van der Waals surface area (Å²) in [6, 6.07) is 5.43. The van der Waals surface area contributed by atoms with Crippen molar-refractivity contribution in [3.05, 3.63) is 41.7 Å². The number of aryl methyl sites for hydroxylation is 1. The summed E-state index contributed by atoms with van der Waals surface area (Å²) in [7, 11) is 3.49. The Labute approximate surface area is 118 Å². The average Bonchev–Trinajstić information content (AvgIpc) is 2.84. The van der Waals surface area contributed by atoms with Crippen LogP contribution >= 0.6 is 0 Å². The standard InChI is InChI=1S/C15H20N2O3/c1-11(18)14-5-4-13(19-3)8-15(14)20-7-6-12-9-16-17(2)10-12/h4-5,8-11,18H,6-7H2,1-3H3. The molecule has 2 aromatic rings. The molecule has 1 N–H and O–H groups in total. The number of aliphatic hydroxyl groups excluding tert-OH is 1. The molecule has 0 saturated heterocycles. The largest absolute Gasteiger partial charge is 0.497 e. The molecule has 2 rings (SSSR count). The minimum absolute atomic E-state index is 0.526. The van der Waals surface area contributed by atoms with Gasteiger partial charge in [-0.1, -0.05) is 0 Å². The second kappa shape index (κ2) is 6.43. The second-order valence-electron chi connectivity index (χ2n) is 4.70. The SMILES string of the molecule is COc1ccc(C(C)O)c(OCCc2cnn(C)c2)c1. The van der Waals surface area contributed by atoms with E-state index in [1.807, 2.05) is 31.6 Å². The molecule has 1 unspecified atom stereocenters. The van der Waals surface area contributed by atoms with Crippen molar-refractivity contribution in [2.75, 3.05) is 13.7 Å². The molecule has 0 saturated carbocycles. The maximum Gasteiger partial charge on any atom is 0.128 e. The van der Waals surface area contributed by atoms with E-state index >= 15 is 0 Å². The monoisotopic (exact) mass is 276 g/mol. The van der Waals surface area contributed by atoms with Gasteiger partial charge in [0.2, 0.25) is 0 Å². The number of hydrogen-bond acceptors (Lipinski definition) is 4. The first-order valence-corrected chi connectivity index (χ1v) is 6.56. The average molecular weight is 276 g/mol. The van der Waals surface area contributed by atoms with Crippen molar-refractivity contribution in [3.63, 3.8) is 0 Å². The quantitative estimate of drug-likeness (QED) is 0.878. The summed E-state index contributed by atoms with van der Waals surface area (Å²) in [6.07, 6.45) is 3.98. The molecular formula is C15H20N2O3. The van der Waals surface area contributed by atoms with Crippen molar-refractivity contribution < 1.29 is 14.6 Å². The zero-order chi connectivity index (χ0) is 14.5. The van der Waals surface area contributed by atoms with E-state index in [9.17, 15) is 5.11 Å². The molecule has 0 bridgehead atoms. The molecule has 20 heavy (non-hydrogen) atoms. The van der Waals surface area contributed by atoms with Gasteiger partial charge in [-0.15, -0.1) is 0 Å². The zero-order valence-corrected chi connectivity index (χ0v) is 12.0. The Morgan fingerprint density at radius 3 is 2.80 bits per heavy atom. The van der Waals surface area contributed by atoms with Crippen LogP contribution in [0.2, 0.25) is 0 Å². The van der Waals surface area contributed by atoms with Gasteiger partial charge in [0.15, 0.2) is 0 Å². The first-order valence-electron chi connectivity index (χ1n) is 6.56. The van der Waals surface area contributed by atoms with Crippen LogP contribution in [0.25, 0.3) is 0 Å². The topological polar surface area (TPSA) is 56.5 Å². The van der Waals surface area contributed by atoms with Crippen LogP contribution in [0.1, 0.15) is 24.2 Å². The number of nitrogens with zero attached hydrogens (tertiary/aromatic N) is 2. The Bertz CT molecular complexity index is 564. The first-order chi connectivity index (χ1) is 9.60. The van der Waals surface area contributed by atoms with E-state index in [1.54, 1.807) is 24.8 Å². The predicted octanol–water partition coefficient (Wildman–Crippen LogP) is 2.10. The highest BCUT2D eigenvalue weighted by Gasteiger charge is 2.10. The lowest BCUT2D eigenvalue weighted by molar-refractivity contribution is 0.191. The van der Waals surface area contributed by atoms with E-state index in [1.165, 1.54) is 0 Å². The molecule has 1 heterocycles. The Morgan fingerprint density at radius 2 is 2.20 bits per heavy atom. The van der Waals surface area contributed by atoms with E-state index in [0.717, 1.165) is 17.5 Å². The van der Waals surface area contributed by atoms with Gasteiger partial charge in [-0.2, -0.15) is 5.10 Å². The predicted molar refractivity (Wildman–Crippen MR) is 76.0 cm³/mol. The van der Waals surface area contributed by atoms with Gasteiger partial charge in [0.05, 0.1) is 26.0 Å². The number of hydrogen-bond donors (Lipinski definition) is 1. The van der Waals surface area contributed by atoms with Gasteiger partial charge in [0.1, 0.15) is 11.5 Å². The van der Waals surface area contributed by atoms with E-state index < -0.39 is 6.10 Å². The number of methoxy groups -OCH3 is 1. The fraction of sp³-hybridized carbons (Fsp3) is 0.400. The van der Waals surface area contributed by atoms with Gasteiger partial charge in [-0.3, -0.25) is 4.68 Å². The molecule has 1 atom stereocenters. The van der Waals surface area contributed by atoms with Crippen LogP contribution in [-0.2, 0) is 13.5 Å². The third kappa shape index (κ3) is 3.51. The fourth-order valence-corrected chi connectivity index (χ4v) is 1.99. The molecule has 1 aromatic carbocycles. The minimum atomic E-state index is -0.575. The third-order valence-electron chi connectivity index (χ3n) is 3.08. The van der Waals surface area contributed by atoms with Gasteiger partial charge >= 0.3 is 0 Å². The lowest BCUT2D eigenvalue weighted by Gasteiger charge is -2.14. The lowest BCUT2D eigenvalue weighted by atomic mass is 10.1. The maximum atomic E-state index is 9.75. The number of benzene rings is 1. The second-order valence-corrected chi connectivity index (χ2v) is 4.70. The molecule has 5 nitrogen and oxygen atoms in total. The van der Waals surface area contributed by atoms with E-state index in [2.05, 4.69) is 5.10 Å². The molecule has 0 radical (unpaired) electrons. The molecular weight excluding hydrogens is 256 g/mol. The summed E-state index contributed by atoms with van der Waals surface area (Å²) in [5, 5.41) is 13.9. The normalized spacial score (nSPS) is 12.2. The lowest BCUT2D eigenvalue weighted by Crippen LogP contribution is -2.05. The molecule has 108 valence electrons. The first kappa shape index (κ1) is 14.4. The number of ether oxygens (including phenoxy) is 2. The highest BCUT2D eigenvalue weighted by atomic mass is 16.5. The van der Waals surface area contributed by atoms with Crippen molar-refractivity contribution in [1.29, 1.82) is 0 Å². The number of rotatable bonds is 6. The van der Waals surface area contributed by atoms with E-state index in [-0.39, 0.29) is 0 Å².